The molecule has 0 rings (SSSR count). The molecule has 0 aromatic heterocycles. The molecular formula is C17H36O2Si. The molecule has 20 heavy (non-hydrogen) atoms. The van der Waals surface area contributed by atoms with Gasteiger partial charge >= 0.3 is 0 Å². The molecule has 0 aromatic rings. The van der Waals surface area contributed by atoms with E-state index in [2.05, 4.69) is 47.7 Å². The summed E-state index contributed by atoms with van der Waals surface area (Å²) in [6.45, 7) is 18.0. The van der Waals surface area contributed by atoms with Gasteiger partial charge < -0.3 is 9.22 Å². The Kier molecular flexibility index (Phi) is 8.26. The summed E-state index contributed by atoms with van der Waals surface area (Å²) in [7, 11) is -1.66. The van der Waals surface area contributed by atoms with Gasteiger partial charge in [-0.1, -0.05) is 41.5 Å². The van der Waals surface area contributed by atoms with Gasteiger partial charge in [0, 0.05) is 12.0 Å². The topological polar surface area (TPSA) is 26.3 Å². The normalized spacial score (nSPS) is 17.6. The summed E-state index contributed by atoms with van der Waals surface area (Å²) in [6, 6.07) is 0. The zero-order valence-corrected chi connectivity index (χ0v) is 16.0. The highest BCUT2D eigenvalue weighted by Crippen LogP contribution is 2.38. The van der Waals surface area contributed by atoms with Crippen molar-refractivity contribution in [1.82, 2.24) is 0 Å². The largest absolute Gasteiger partial charge is 0.414 e. The molecule has 2 nitrogen and oxygen atoms in total. The highest BCUT2D eigenvalue weighted by atomic mass is 28.4. The van der Waals surface area contributed by atoms with E-state index in [0.29, 0.717) is 12.0 Å². The Labute approximate surface area is 127 Å². The Bertz CT molecular complexity index is 281. The second-order valence-corrected chi connectivity index (χ2v) is 12.7. The van der Waals surface area contributed by atoms with E-state index in [1.54, 1.807) is 0 Å². The lowest BCUT2D eigenvalue weighted by molar-refractivity contribution is -0.111. The molecule has 2 unspecified atom stereocenters. The number of aldehydes is 1. The summed E-state index contributed by atoms with van der Waals surface area (Å²) in [5, 5.41) is 0.276. The second kappa shape index (κ2) is 8.33. The van der Waals surface area contributed by atoms with E-state index < -0.39 is 8.32 Å². The lowest BCUT2D eigenvalue weighted by atomic mass is 9.93. The third kappa shape index (κ3) is 7.03. The van der Waals surface area contributed by atoms with Crippen LogP contribution in [0.4, 0.5) is 0 Å². The van der Waals surface area contributed by atoms with E-state index in [1.165, 1.54) is 0 Å². The van der Waals surface area contributed by atoms with Crippen LogP contribution in [0.15, 0.2) is 0 Å². The van der Waals surface area contributed by atoms with E-state index in [1.807, 2.05) is 6.92 Å². The van der Waals surface area contributed by atoms with Crippen LogP contribution in [0.5, 0.6) is 0 Å². The average molecular weight is 301 g/mol. The van der Waals surface area contributed by atoms with Crippen LogP contribution in [-0.2, 0) is 9.22 Å². The maximum atomic E-state index is 10.7. The second-order valence-electron chi connectivity index (χ2n) is 7.94. The van der Waals surface area contributed by atoms with Crippen LogP contribution in [0.2, 0.25) is 18.1 Å². The minimum atomic E-state index is -1.66. The van der Waals surface area contributed by atoms with Crippen LogP contribution in [0.25, 0.3) is 0 Å². The Morgan fingerprint density at radius 3 is 2.10 bits per heavy atom. The lowest BCUT2D eigenvalue weighted by Gasteiger charge is -2.39. The van der Waals surface area contributed by atoms with Crippen LogP contribution in [0, 0.1) is 11.8 Å². The van der Waals surface area contributed by atoms with Gasteiger partial charge in [0.2, 0.25) is 0 Å². The standard InChI is InChI=1S/C17H36O2Si/c1-9-16(19-20(7,8)17(4,5)6)11-10-14(2)12-15(3)13-18/h13-16H,9-12H2,1-8H3/t14-,15?,16?/m1/s1. The first kappa shape index (κ1) is 19.8. The Morgan fingerprint density at radius 2 is 1.70 bits per heavy atom. The van der Waals surface area contributed by atoms with Crippen molar-refractivity contribution < 1.29 is 9.22 Å². The first-order valence-corrected chi connectivity index (χ1v) is 11.1. The highest BCUT2D eigenvalue weighted by Gasteiger charge is 2.38. The SMILES string of the molecule is CCC(CC[C@@H](C)CC(C)C=O)O[Si](C)(C)C(C)(C)C. The average Bonchev–Trinajstić information content (AvgIpc) is 2.32. The zero-order valence-electron chi connectivity index (χ0n) is 15.0. The van der Waals surface area contributed by atoms with Crippen LogP contribution in [-0.4, -0.2) is 20.7 Å². The molecule has 0 spiro atoms. The molecule has 3 heteroatoms. The molecule has 0 saturated heterocycles. The molecule has 3 atom stereocenters. The number of carbonyl (C=O) groups excluding carboxylic acids is 1. The van der Waals surface area contributed by atoms with Crippen LogP contribution in [0.3, 0.4) is 0 Å². The summed E-state index contributed by atoms with van der Waals surface area (Å²) in [6.07, 6.45) is 5.81. The summed E-state index contributed by atoms with van der Waals surface area (Å²) in [5.41, 5.74) is 0. The van der Waals surface area contributed by atoms with Crippen molar-refractivity contribution in [3.05, 3.63) is 0 Å². The quantitative estimate of drug-likeness (QED) is 0.419. The number of hydrogen-bond acceptors (Lipinski definition) is 2. The van der Waals surface area contributed by atoms with E-state index in [0.717, 1.165) is 32.0 Å². The van der Waals surface area contributed by atoms with Crippen LogP contribution >= 0.6 is 0 Å². The summed E-state index contributed by atoms with van der Waals surface area (Å²) < 4.78 is 6.50. The fourth-order valence-corrected chi connectivity index (χ4v) is 3.69. The third-order valence-electron chi connectivity index (χ3n) is 4.71. The fraction of sp³-hybridized carbons (Fsp3) is 0.941. The van der Waals surface area contributed by atoms with Crippen LogP contribution in [0.1, 0.15) is 67.2 Å². The first-order chi connectivity index (χ1) is 9.03. The summed E-state index contributed by atoms with van der Waals surface area (Å²) in [4.78, 5) is 10.7. The van der Waals surface area contributed by atoms with E-state index in [4.69, 9.17) is 4.43 Å². The molecule has 0 saturated carbocycles. The van der Waals surface area contributed by atoms with Crippen molar-refractivity contribution in [3.8, 4) is 0 Å². The molecule has 0 N–H and O–H groups in total. The molecule has 0 heterocycles. The van der Waals surface area contributed by atoms with Gasteiger partial charge in [-0.05, 0) is 49.7 Å². The van der Waals surface area contributed by atoms with Crippen molar-refractivity contribution >= 4 is 14.6 Å². The Balaban J connectivity index is 4.33. The van der Waals surface area contributed by atoms with Crippen molar-refractivity contribution in [1.29, 1.82) is 0 Å². The molecule has 0 aliphatic rings. The van der Waals surface area contributed by atoms with Gasteiger partial charge in [0.25, 0.3) is 0 Å². The van der Waals surface area contributed by atoms with Gasteiger partial charge in [-0.2, -0.15) is 0 Å². The number of carbonyl (C=O) groups is 1. The monoisotopic (exact) mass is 300 g/mol. The molecule has 0 fully saturated rings. The predicted octanol–water partition coefficient (Wildman–Crippen LogP) is 5.43. The minimum absolute atomic E-state index is 0.186. The van der Waals surface area contributed by atoms with E-state index >= 15 is 0 Å². The minimum Gasteiger partial charge on any atom is -0.414 e. The van der Waals surface area contributed by atoms with Gasteiger partial charge in [-0.3, -0.25) is 0 Å². The van der Waals surface area contributed by atoms with Gasteiger partial charge in [0.05, 0.1) is 0 Å². The predicted molar refractivity (Wildman–Crippen MR) is 90.6 cm³/mol. The fourth-order valence-electron chi connectivity index (χ4n) is 2.22. The first-order valence-electron chi connectivity index (χ1n) is 8.16. The maximum absolute atomic E-state index is 10.7. The van der Waals surface area contributed by atoms with Gasteiger partial charge in [-0.15, -0.1) is 0 Å². The van der Waals surface area contributed by atoms with E-state index in [-0.39, 0.29) is 11.0 Å². The lowest BCUT2D eigenvalue weighted by Crippen LogP contribution is -2.43. The molecule has 0 aromatic carbocycles. The van der Waals surface area contributed by atoms with Crippen molar-refractivity contribution in [2.24, 2.45) is 11.8 Å². The zero-order chi connectivity index (χ0) is 16.0. The van der Waals surface area contributed by atoms with Crippen molar-refractivity contribution in [3.63, 3.8) is 0 Å². The Morgan fingerprint density at radius 1 is 1.15 bits per heavy atom. The van der Waals surface area contributed by atoms with Crippen molar-refractivity contribution in [2.45, 2.75) is 91.5 Å². The smallest absolute Gasteiger partial charge is 0.192 e. The van der Waals surface area contributed by atoms with Crippen molar-refractivity contribution in [2.75, 3.05) is 0 Å². The highest BCUT2D eigenvalue weighted by molar-refractivity contribution is 6.74. The molecule has 0 bridgehead atoms. The molecule has 0 aliphatic heterocycles. The Hall–Kier alpha value is -0.153. The maximum Gasteiger partial charge on any atom is 0.192 e. The molecule has 0 aliphatic carbocycles. The third-order valence-corrected chi connectivity index (χ3v) is 9.25. The number of hydrogen-bond donors (Lipinski definition) is 0. The van der Waals surface area contributed by atoms with Crippen LogP contribution < -0.4 is 0 Å². The number of rotatable bonds is 9. The molecule has 0 amide bonds. The van der Waals surface area contributed by atoms with E-state index in [9.17, 15) is 4.79 Å². The van der Waals surface area contributed by atoms with Gasteiger partial charge in [0.15, 0.2) is 8.32 Å². The van der Waals surface area contributed by atoms with Gasteiger partial charge in [0.1, 0.15) is 6.29 Å². The summed E-state index contributed by atoms with van der Waals surface area (Å²) >= 11 is 0. The molecular weight excluding hydrogens is 264 g/mol. The molecule has 0 radical (unpaired) electrons. The molecule has 120 valence electrons. The van der Waals surface area contributed by atoms with Gasteiger partial charge in [-0.25, -0.2) is 0 Å². The summed E-state index contributed by atoms with van der Waals surface area (Å²) in [5.74, 6) is 0.790.